The fraction of sp³-hybridized carbons (Fsp3) is 0.600. The summed E-state index contributed by atoms with van der Waals surface area (Å²) in [5.41, 5.74) is 5.79. The van der Waals surface area contributed by atoms with E-state index in [4.69, 9.17) is 5.73 Å². The lowest BCUT2D eigenvalue weighted by Gasteiger charge is -2.08. The van der Waals surface area contributed by atoms with Crippen LogP contribution in [0.2, 0.25) is 0 Å². The topological polar surface area (TPSA) is 26.0 Å². The van der Waals surface area contributed by atoms with Gasteiger partial charge in [0.2, 0.25) is 0 Å². The summed E-state index contributed by atoms with van der Waals surface area (Å²) < 4.78 is 0. The highest BCUT2D eigenvalue weighted by Gasteiger charge is 2.38. The van der Waals surface area contributed by atoms with Crippen LogP contribution >= 0.6 is 0 Å². The molecule has 0 aliphatic heterocycles. The van der Waals surface area contributed by atoms with Crippen molar-refractivity contribution in [2.45, 2.75) is 25.3 Å². The van der Waals surface area contributed by atoms with Crippen molar-refractivity contribution in [2.75, 3.05) is 0 Å². The fourth-order valence-corrected chi connectivity index (χ4v) is 1.85. The van der Waals surface area contributed by atoms with E-state index in [1.54, 1.807) is 0 Å². The highest BCUT2D eigenvalue weighted by Crippen LogP contribution is 2.39. The van der Waals surface area contributed by atoms with Crippen molar-refractivity contribution in [1.82, 2.24) is 0 Å². The van der Waals surface area contributed by atoms with Crippen LogP contribution in [-0.2, 0) is 0 Å². The minimum atomic E-state index is 0.503. The zero-order valence-electron chi connectivity index (χ0n) is 6.74. The van der Waals surface area contributed by atoms with Gasteiger partial charge in [-0.1, -0.05) is 24.3 Å². The van der Waals surface area contributed by atoms with Crippen molar-refractivity contribution in [3.05, 3.63) is 24.3 Å². The largest absolute Gasteiger partial charge is 0.327 e. The summed E-state index contributed by atoms with van der Waals surface area (Å²) in [4.78, 5) is 0. The van der Waals surface area contributed by atoms with Gasteiger partial charge in [-0.25, -0.2) is 0 Å². The Bertz CT molecular complexity index is 193. The Labute approximate surface area is 68.0 Å². The van der Waals surface area contributed by atoms with Gasteiger partial charge in [-0.15, -0.1) is 0 Å². The summed E-state index contributed by atoms with van der Waals surface area (Å²) >= 11 is 0. The quantitative estimate of drug-likeness (QED) is 0.605. The van der Waals surface area contributed by atoms with Gasteiger partial charge in [-0.3, -0.25) is 0 Å². The van der Waals surface area contributed by atoms with Crippen LogP contribution in [-0.4, -0.2) is 6.04 Å². The molecule has 0 aromatic carbocycles. The lowest BCUT2D eigenvalue weighted by Crippen LogP contribution is -2.08. The lowest BCUT2D eigenvalue weighted by atomic mass is 9.98. The maximum absolute atomic E-state index is 5.79. The summed E-state index contributed by atoms with van der Waals surface area (Å²) in [5, 5.41) is 0. The second-order valence-electron chi connectivity index (χ2n) is 3.62. The van der Waals surface area contributed by atoms with Crippen molar-refractivity contribution in [3.8, 4) is 0 Å². The molecule has 2 aliphatic rings. The molecule has 60 valence electrons. The first-order chi connectivity index (χ1) is 5.38. The second kappa shape index (κ2) is 2.82. The third-order valence-corrected chi connectivity index (χ3v) is 2.71. The van der Waals surface area contributed by atoms with Crippen LogP contribution in [0.25, 0.3) is 0 Å². The zero-order valence-corrected chi connectivity index (χ0v) is 6.74. The zero-order chi connectivity index (χ0) is 7.68. The van der Waals surface area contributed by atoms with Gasteiger partial charge in [0.15, 0.2) is 0 Å². The molecule has 1 nitrogen and oxygen atoms in total. The molecule has 2 aliphatic carbocycles. The molecule has 2 rings (SSSR count). The van der Waals surface area contributed by atoms with Gasteiger partial charge in [-0.05, 0) is 31.1 Å². The van der Waals surface area contributed by atoms with Gasteiger partial charge in [0.25, 0.3) is 0 Å². The predicted molar refractivity (Wildman–Crippen MR) is 47.1 cm³/mol. The van der Waals surface area contributed by atoms with Gasteiger partial charge >= 0.3 is 0 Å². The molecule has 0 aromatic heterocycles. The number of hydrogen-bond acceptors (Lipinski definition) is 1. The van der Waals surface area contributed by atoms with E-state index in [1.165, 1.54) is 19.3 Å². The van der Waals surface area contributed by atoms with E-state index in [2.05, 4.69) is 24.3 Å². The molecule has 1 heteroatoms. The van der Waals surface area contributed by atoms with Crippen LogP contribution < -0.4 is 5.73 Å². The third-order valence-electron chi connectivity index (χ3n) is 2.71. The normalized spacial score (nSPS) is 42.1. The first kappa shape index (κ1) is 7.11. The fourth-order valence-electron chi connectivity index (χ4n) is 1.85. The molecule has 3 atom stereocenters. The molecule has 0 heterocycles. The molecule has 1 fully saturated rings. The average Bonchev–Trinajstić information content (AvgIpc) is 2.71. The first-order valence-electron chi connectivity index (χ1n) is 4.47. The van der Waals surface area contributed by atoms with Crippen LogP contribution in [0.5, 0.6) is 0 Å². The highest BCUT2D eigenvalue weighted by atomic mass is 14.7. The van der Waals surface area contributed by atoms with Crippen molar-refractivity contribution in [2.24, 2.45) is 17.6 Å². The van der Waals surface area contributed by atoms with Gasteiger partial charge in [0, 0.05) is 6.04 Å². The van der Waals surface area contributed by atoms with Gasteiger partial charge < -0.3 is 5.73 Å². The molecule has 2 N–H and O–H groups in total. The molecule has 0 amide bonds. The van der Waals surface area contributed by atoms with Crippen LogP contribution in [0.15, 0.2) is 24.3 Å². The number of hydrogen-bond donors (Lipinski definition) is 1. The Morgan fingerprint density at radius 2 is 2.09 bits per heavy atom. The third kappa shape index (κ3) is 1.54. The average molecular weight is 149 g/mol. The maximum Gasteiger partial charge on any atom is 0.00768 e. The molecule has 1 saturated carbocycles. The molecule has 3 unspecified atom stereocenters. The summed E-state index contributed by atoms with van der Waals surface area (Å²) in [7, 11) is 0. The van der Waals surface area contributed by atoms with E-state index in [9.17, 15) is 0 Å². The minimum absolute atomic E-state index is 0.503. The Morgan fingerprint density at radius 1 is 1.27 bits per heavy atom. The van der Waals surface area contributed by atoms with E-state index >= 15 is 0 Å². The maximum atomic E-state index is 5.79. The van der Waals surface area contributed by atoms with Crippen molar-refractivity contribution in [3.63, 3.8) is 0 Å². The predicted octanol–water partition coefficient (Wildman–Crippen LogP) is 1.86. The summed E-state index contributed by atoms with van der Waals surface area (Å²) in [6.45, 7) is 0. The van der Waals surface area contributed by atoms with Crippen molar-refractivity contribution < 1.29 is 0 Å². The van der Waals surface area contributed by atoms with E-state index < -0.39 is 0 Å². The number of nitrogens with two attached hydrogens (primary N) is 1. The van der Waals surface area contributed by atoms with Crippen molar-refractivity contribution >= 4 is 0 Å². The van der Waals surface area contributed by atoms with E-state index in [1.807, 2.05) is 0 Å². The van der Waals surface area contributed by atoms with Gasteiger partial charge in [-0.2, -0.15) is 0 Å². The molecule has 0 bridgehead atoms. The Kier molecular flexibility index (Phi) is 1.82. The molecule has 0 aromatic rings. The van der Waals surface area contributed by atoms with Crippen LogP contribution in [0, 0.1) is 11.8 Å². The van der Waals surface area contributed by atoms with Gasteiger partial charge in [0.1, 0.15) is 0 Å². The highest BCUT2D eigenvalue weighted by molar-refractivity contribution is 5.12. The Hall–Kier alpha value is -0.560. The lowest BCUT2D eigenvalue weighted by molar-refractivity contribution is 0.519. The van der Waals surface area contributed by atoms with Gasteiger partial charge in [0.05, 0.1) is 0 Å². The van der Waals surface area contributed by atoms with E-state index in [0.717, 1.165) is 11.8 Å². The van der Waals surface area contributed by atoms with E-state index in [-0.39, 0.29) is 0 Å². The summed E-state index contributed by atoms with van der Waals surface area (Å²) in [6, 6.07) is 0.503. The smallest absolute Gasteiger partial charge is 0.00768 e. The summed E-state index contributed by atoms with van der Waals surface area (Å²) in [5.74, 6) is 1.56. The Balaban J connectivity index is 1.94. The molecule has 0 saturated heterocycles. The minimum Gasteiger partial charge on any atom is -0.327 e. The SMILES string of the molecule is NC1CC1C1C=CC=CCC1. The summed E-state index contributed by atoms with van der Waals surface area (Å²) in [6.07, 6.45) is 12.6. The van der Waals surface area contributed by atoms with Crippen LogP contribution in [0.4, 0.5) is 0 Å². The molecular formula is C10H15N. The molecule has 0 spiro atoms. The molecular weight excluding hydrogens is 134 g/mol. The first-order valence-corrected chi connectivity index (χ1v) is 4.47. The molecule has 11 heavy (non-hydrogen) atoms. The molecule has 0 radical (unpaired) electrons. The van der Waals surface area contributed by atoms with Crippen molar-refractivity contribution in [1.29, 1.82) is 0 Å². The van der Waals surface area contributed by atoms with E-state index in [0.29, 0.717) is 6.04 Å². The number of rotatable bonds is 1. The van der Waals surface area contributed by atoms with Crippen LogP contribution in [0.1, 0.15) is 19.3 Å². The Morgan fingerprint density at radius 3 is 2.82 bits per heavy atom. The monoisotopic (exact) mass is 149 g/mol. The number of allylic oxidation sites excluding steroid dienone is 4. The van der Waals surface area contributed by atoms with Crippen LogP contribution in [0.3, 0.4) is 0 Å². The second-order valence-corrected chi connectivity index (χ2v) is 3.62. The standard InChI is InChI=1S/C10H15N/c11-10-7-9(10)8-5-3-1-2-4-6-8/h1-3,5,8-10H,4,6-7,11H2.